The van der Waals surface area contributed by atoms with Crippen LogP contribution in [0.4, 0.5) is 0 Å². The highest BCUT2D eigenvalue weighted by Gasteiger charge is 2.47. The van der Waals surface area contributed by atoms with Crippen molar-refractivity contribution in [3.63, 3.8) is 0 Å². The van der Waals surface area contributed by atoms with Crippen molar-refractivity contribution in [3.8, 4) is 0 Å². The molecular formula is C18H22N4O2. The largest absolute Gasteiger partial charge is 0.444 e. The summed E-state index contributed by atoms with van der Waals surface area (Å²) in [5, 5.41) is 3.48. The maximum absolute atomic E-state index is 12.5. The second kappa shape index (κ2) is 6.02. The molecule has 0 aromatic carbocycles. The summed E-state index contributed by atoms with van der Waals surface area (Å²) >= 11 is 0. The molecule has 1 N–H and O–H groups in total. The zero-order valence-corrected chi connectivity index (χ0v) is 14.0. The van der Waals surface area contributed by atoms with Gasteiger partial charge in [-0.25, -0.2) is 4.98 Å². The predicted octanol–water partition coefficient (Wildman–Crippen LogP) is 2.28. The molecule has 0 spiro atoms. The third-order valence-corrected chi connectivity index (χ3v) is 4.92. The van der Waals surface area contributed by atoms with Gasteiger partial charge >= 0.3 is 0 Å². The van der Waals surface area contributed by atoms with Crippen LogP contribution in [0.1, 0.15) is 48.2 Å². The lowest BCUT2D eigenvalue weighted by atomic mass is 10.0. The van der Waals surface area contributed by atoms with E-state index < -0.39 is 0 Å². The second-order valence-corrected chi connectivity index (χ2v) is 6.70. The van der Waals surface area contributed by atoms with Crippen LogP contribution >= 0.6 is 0 Å². The molecule has 6 nitrogen and oxygen atoms in total. The van der Waals surface area contributed by atoms with Gasteiger partial charge in [0.1, 0.15) is 5.76 Å². The first-order chi connectivity index (χ1) is 11.6. The van der Waals surface area contributed by atoms with E-state index in [0.717, 1.165) is 29.9 Å². The highest BCUT2D eigenvalue weighted by atomic mass is 16.4. The van der Waals surface area contributed by atoms with E-state index in [-0.39, 0.29) is 18.0 Å². The fraction of sp³-hybridized carbons (Fsp3) is 0.500. The van der Waals surface area contributed by atoms with Gasteiger partial charge < -0.3 is 14.6 Å². The molecule has 2 fully saturated rings. The number of carbonyl (C=O) groups is 1. The van der Waals surface area contributed by atoms with E-state index in [9.17, 15) is 4.79 Å². The Morgan fingerprint density at radius 1 is 1.38 bits per heavy atom. The van der Waals surface area contributed by atoms with E-state index >= 15 is 0 Å². The molecule has 3 heterocycles. The number of amides is 1. The van der Waals surface area contributed by atoms with Gasteiger partial charge in [0.15, 0.2) is 0 Å². The Labute approximate surface area is 141 Å². The molecule has 0 unspecified atom stereocenters. The number of nitrogens with one attached hydrogen (secondary N) is 1. The van der Waals surface area contributed by atoms with Crippen molar-refractivity contribution in [3.05, 3.63) is 47.4 Å². The molecule has 0 bridgehead atoms. The average Bonchev–Trinajstić information content (AvgIpc) is 3.29. The Hall–Kier alpha value is -2.21. The van der Waals surface area contributed by atoms with Gasteiger partial charge in [-0.15, -0.1) is 0 Å². The number of nitrogens with zero attached hydrogens (tertiary/aromatic N) is 3. The second-order valence-electron chi connectivity index (χ2n) is 6.70. The van der Waals surface area contributed by atoms with Crippen molar-refractivity contribution in [1.29, 1.82) is 0 Å². The lowest BCUT2D eigenvalue weighted by Gasteiger charge is -2.28. The predicted molar refractivity (Wildman–Crippen MR) is 88.1 cm³/mol. The van der Waals surface area contributed by atoms with Crippen LogP contribution in [-0.2, 0) is 11.3 Å². The number of carbonyl (C=O) groups excluding carboxylic acids is 1. The summed E-state index contributed by atoms with van der Waals surface area (Å²) < 4.78 is 5.64. The highest BCUT2D eigenvalue weighted by Crippen LogP contribution is 2.41. The van der Waals surface area contributed by atoms with Gasteiger partial charge in [0, 0.05) is 30.9 Å². The first-order valence-electron chi connectivity index (χ1n) is 8.51. The number of aromatic nitrogens is 2. The Morgan fingerprint density at radius 3 is 2.83 bits per heavy atom. The minimum atomic E-state index is 0.0378. The summed E-state index contributed by atoms with van der Waals surface area (Å²) in [4.78, 5) is 23.3. The molecular weight excluding hydrogens is 304 g/mol. The molecule has 2 aromatic rings. The fourth-order valence-electron chi connectivity index (χ4n) is 3.50. The van der Waals surface area contributed by atoms with Crippen molar-refractivity contribution >= 4 is 5.91 Å². The number of aryl methyl sites for hydroxylation is 2. The number of likely N-dealkylation sites (tertiary alicyclic amines) is 1. The molecule has 2 atom stereocenters. The molecule has 2 aliphatic rings. The van der Waals surface area contributed by atoms with Gasteiger partial charge in [-0.05, 0) is 38.3 Å². The first kappa shape index (κ1) is 15.3. The average molecular weight is 326 g/mol. The van der Waals surface area contributed by atoms with E-state index in [2.05, 4.69) is 26.3 Å². The molecule has 1 saturated heterocycles. The molecule has 6 heteroatoms. The van der Waals surface area contributed by atoms with Gasteiger partial charge in [0.25, 0.3) is 0 Å². The summed E-state index contributed by atoms with van der Waals surface area (Å²) in [6.45, 7) is 4.38. The standard InChI is InChI=1S/C18H22N4O2/c1-11-12(2)24-16(21-11)10-20-15-8-17(23)22(14-5-6-14)18(15)13-4-3-7-19-9-13/h3-4,7,9,14-15,18,20H,5-6,8,10H2,1-2H3/t15-,18+/m1/s1. The normalized spacial score (nSPS) is 23.9. The minimum absolute atomic E-state index is 0.0378. The molecule has 1 amide bonds. The minimum Gasteiger partial charge on any atom is -0.444 e. The van der Waals surface area contributed by atoms with E-state index in [0.29, 0.717) is 24.9 Å². The quantitative estimate of drug-likeness (QED) is 0.913. The smallest absolute Gasteiger partial charge is 0.225 e. The topological polar surface area (TPSA) is 71.3 Å². The molecule has 126 valence electrons. The highest BCUT2D eigenvalue weighted by molar-refractivity contribution is 5.81. The van der Waals surface area contributed by atoms with E-state index in [1.54, 1.807) is 6.20 Å². The van der Waals surface area contributed by atoms with Gasteiger partial charge in [0.2, 0.25) is 11.8 Å². The lowest BCUT2D eigenvalue weighted by Crippen LogP contribution is -2.37. The lowest BCUT2D eigenvalue weighted by molar-refractivity contribution is -0.129. The zero-order chi connectivity index (χ0) is 16.7. The molecule has 0 radical (unpaired) electrons. The van der Waals surface area contributed by atoms with E-state index in [1.807, 2.05) is 26.1 Å². The maximum Gasteiger partial charge on any atom is 0.225 e. The Bertz CT molecular complexity index is 719. The van der Waals surface area contributed by atoms with Crippen LogP contribution in [0.5, 0.6) is 0 Å². The van der Waals surface area contributed by atoms with Crippen molar-refractivity contribution in [2.45, 2.75) is 57.8 Å². The zero-order valence-electron chi connectivity index (χ0n) is 14.0. The maximum atomic E-state index is 12.5. The molecule has 2 aromatic heterocycles. The van der Waals surface area contributed by atoms with Crippen LogP contribution in [0.3, 0.4) is 0 Å². The van der Waals surface area contributed by atoms with Crippen molar-refractivity contribution in [2.24, 2.45) is 0 Å². The summed E-state index contributed by atoms with van der Waals surface area (Å²) in [5.74, 6) is 1.74. The number of oxazole rings is 1. The van der Waals surface area contributed by atoms with Crippen molar-refractivity contribution in [2.75, 3.05) is 0 Å². The van der Waals surface area contributed by atoms with Crippen molar-refractivity contribution < 1.29 is 9.21 Å². The third-order valence-electron chi connectivity index (χ3n) is 4.92. The number of rotatable bonds is 5. The van der Waals surface area contributed by atoms with Gasteiger partial charge in [-0.3, -0.25) is 9.78 Å². The molecule has 4 rings (SSSR count). The molecule has 1 aliphatic carbocycles. The van der Waals surface area contributed by atoms with Crippen LogP contribution in [0.15, 0.2) is 28.9 Å². The van der Waals surface area contributed by atoms with Crippen LogP contribution in [0.25, 0.3) is 0 Å². The summed E-state index contributed by atoms with van der Waals surface area (Å²) in [6.07, 6.45) is 6.35. The Morgan fingerprint density at radius 2 is 2.21 bits per heavy atom. The number of hydrogen-bond acceptors (Lipinski definition) is 5. The van der Waals surface area contributed by atoms with Crippen LogP contribution < -0.4 is 5.32 Å². The molecule has 24 heavy (non-hydrogen) atoms. The van der Waals surface area contributed by atoms with Gasteiger partial charge in [-0.1, -0.05) is 6.07 Å². The third kappa shape index (κ3) is 2.82. The molecule has 1 aliphatic heterocycles. The van der Waals surface area contributed by atoms with Crippen LogP contribution in [0.2, 0.25) is 0 Å². The van der Waals surface area contributed by atoms with Crippen molar-refractivity contribution in [1.82, 2.24) is 20.2 Å². The molecule has 1 saturated carbocycles. The van der Waals surface area contributed by atoms with Crippen LogP contribution in [0, 0.1) is 13.8 Å². The number of pyridine rings is 1. The fourth-order valence-corrected chi connectivity index (χ4v) is 3.50. The van der Waals surface area contributed by atoms with E-state index in [1.165, 1.54) is 0 Å². The monoisotopic (exact) mass is 326 g/mol. The Kier molecular flexibility index (Phi) is 3.84. The first-order valence-corrected chi connectivity index (χ1v) is 8.51. The Balaban J connectivity index is 1.55. The van der Waals surface area contributed by atoms with Gasteiger partial charge in [0.05, 0.1) is 18.3 Å². The SMILES string of the molecule is Cc1nc(CN[C@@H]2CC(=O)N(C3CC3)[C@H]2c2cccnc2)oc1C. The summed E-state index contributed by atoms with van der Waals surface area (Å²) in [6, 6.07) is 4.47. The number of hydrogen-bond donors (Lipinski definition) is 1. The van der Waals surface area contributed by atoms with Crippen LogP contribution in [-0.4, -0.2) is 32.9 Å². The van der Waals surface area contributed by atoms with E-state index in [4.69, 9.17) is 4.42 Å². The summed E-state index contributed by atoms with van der Waals surface area (Å²) in [7, 11) is 0. The van der Waals surface area contributed by atoms with Gasteiger partial charge in [-0.2, -0.15) is 0 Å². The summed E-state index contributed by atoms with van der Waals surface area (Å²) in [5.41, 5.74) is 2.00.